The fraction of sp³-hybridized carbons (Fsp3) is 0.300. The van der Waals surface area contributed by atoms with E-state index < -0.39 is 31.5 Å². The Bertz CT molecular complexity index is 631. The molecule has 0 radical (unpaired) electrons. The molecule has 0 aliphatic carbocycles. The van der Waals surface area contributed by atoms with Crippen LogP contribution in [-0.4, -0.2) is 42.3 Å². The van der Waals surface area contributed by atoms with Crippen molar-refractivity contribution in [2.75, 3.05) is 13.6 Å². The van der Waals surface area contributed by atoms with Crippen LogP contribution >= 0.6 is 0 Å². The number of non-ortho nitro benzene ring substituents is 1. The maximum absolute atomic E-state index is 11.9. The van der Waals surface area contributed by atoms with Gasteiger partial charge in [-0.2, -0.15) is 0 Å². The van der Waals surface area contributed by atoms with E-state index in [1.165, 1.54) is 11.9 Å². The number of hydrogen-bond acceptors (Lipinski definition) is 6. The van der Waals surface area contributed by atoms with E-state index in [2.05, 4.69) is 0 Å². The average molecular weight is 310 g/mol. The van der Waals surface area contributed by atoms with Crippen LogP contribution in [0.3, 0.4) is 0 Å². The van der Waals surface area contributed by atoms with Gasteiger partial charge in [-0.05, 0) is 13.0 Å². The minimum absolute atomic E-state index is 0. The van der Waals surface area contributed by atoms with Gasteiger partial charge in [0.2, 0.25) is 0 Å². The van der Waals surface area contributed by atoms with Gasteiger partial charge in [0, 0.05) is 25.7 Å². The Morgan fingerprint density at radius 1 is 1.40 bits per heavy atom. The third-order valence-corrected chi connectivity index (χ3v) is 3.37. The van der Waals surface area contributed by atoms with Crippen molar-refractivity contribution in [1.29, 1.82) is 0 Å². The first-order valence-corrected chi connectivity index (χ1v) is 6.59. The Morgan fingerprint density at radius 3 is 2.35 bits per heavy atom. The normalized spacial score (nSPS) is 10.6. The Morgan fingerprint density at radius 2 is 1.95 bits per heavy atom. The van der Waals surface area contributed by atoms with Crippen LogP contribution in [0.15, 0.2) is 23.1 Å². The summed E-state index contributed by atoms with van der Waals surface area (Å²) in [6.07, 6.45) is 0. The topological polar surface area (TPSA) is 121 Å². The second kappa shape index (κ2) is 7.14. The van der Waals surface area contributed by atoms with Gasteiger partial charge in [0.15, 0.2) is 0 Å². The largest absolute Gasteiger partial charge is 1.00 e. The molecule has 20 heavy (non-hydrogen) atoms. The molecule has 0 fully saturated rings. The summed E-state index contributed by atoms with van der Waals surface area (Å²) in [6, 6.07) is 2.54. The maximum atomic E-state index is 11.9. The van der Waals surface area contributed by atoms with Crippen LogP contribution in [0.25, 0.3) is 0 Å². The Kier molecular flexibility index (Phi) is 6.78. The molecule has 8 nitrogen and oxygen atoms in total. The summed E-state index contributed by atoms with van der Waals surface area (Å²) in [6.45, 7) is 1.96. The molecule has 0 spiro atoms. The van der Waals surface area contributed by atoms with Crippen LogP contribution < -0.4 is 29.6 Å². The fourth-order valence-corrected chi connectivity index (χ4v) is 2.05. The number of benzene rings is 1. The number of carbonyl (C=O) groups is 1. The Labute approximate surface area is 138 Å². The van der Waals surface area contributed by atoms with Crippen molar-refractivity contribution in [2.24, 2.45) is 0 Å². The molecule has 0 aliphatic rings. The molecule has 0 aliphatic heterocycles. The molecule has 0 bridgehead atoms. The Balaban J connectivity index is 0.00000361. The molecule has 0 aromatic heterocycles. The van der Waals surface area contributed by atoms with Gasteiger partial charge in [0.25, 0.3) is 11.6 Å². The van der Waals surface area contributed by atoms with Crippen LogP contribution in [0, 0.1) is 10.1 Å². The summed E-state index contributed by atoms with van der Waals surface area (Å²) in [5.41, 5.74) is -0.935. The maximum Gasteiger partial charge on any atom is 1.00 e. The summed E-state index contributed by atoms with van der Waals surface area (Å²) in [7, 11) is -3.56. The smallest absolute Gasteiger partial charge is 0.744 e. The van der Waals surface area contributed by atoms with Crippen LogP contribution in [0.5, 0.6) is 0 Å². The van der Waals surface area contributed by atoms with Gasteiger partial charge in [-0.1, -0.05) is 0 Å². The van der Waals surface area contributed by atoms with Crippen LogP contribution in [-0.2, 0) is 10.1 Å². The molecule has 1 aromatic rings. The van der Waals surface area contributed by atoms with E-state index in [-0.39, 0.29) is 35.1 Å². The summed E-state index contributed by atoms with van der Waals surface area (Å²) >= 11 is 0. The van der Waals surface area contributed by atoms with Crippen molar-refractivity contribution in [3.8, 4) is 0 Å². The van der Waals surface area contributed by atoms with Gasteiger partial charge < -0.3 is 9.45 Å². The minimum Gasteiger partial charge on any atom is -0.744 e. The summed E-state index contributed by atoms with van der Waals surface area (Å²) in [5, 5.41) is 10.6. The van der Waals surface area contributed by atoms with Crippen molar-refractivity contribution >= 4 is 21.7 Å². The van der Waals surface area contributed by atoms with Crippen molar-refractivity contribution in [2.45, 2.75) is 11.8 Å². The van der Waals surface area contributed by atoms with E-state index in [0.717, 1.165) is 12.1 Å². The summed E-state index contributed by atoms with van der Waals surface area (Å²) in [4.78, 5) is 21.9. The molecule has 0 unspecified atom stereocenters. The molecule has 1 amide bonds. The van der Waals surface area contributed by atoms with Crippen molar-refractivity contribution in [1.82, 2.24) is 4.90 Å². The van der Waals surface area contributed by atoms with Gasteiger partial charge in [0.1, 0.15) is 10.1 Å². The Hall–Kier alpha value is -1.000. The molecular weight excluding hydrogens is 299 g/mol. The quantitative estimate of drug-likeness (QED) is 0.264. The molecule has 0 N–H and O–H groups in total. The number of nitro benzene ring substituents is 1. The van der Waals surface area contributed by atoms with Crippen LogP contribution in [0.2, 0.25) is 0 Å². The predicted molar refractivity (Wildman–Crippen MR) is 63.7 cm³/mol. The average Bonchev–Trinajstić information content (AvgIpc) is 2.35. The number of nitrogens with zero attached hydrogens (tertiary/aromatic N) is 2. The SMILES string of the molecule is CCN(C)C(=O)c1ccc([N+](=O)[O-])cc1S(=O)(=O)[O-].[Na+]. The van der Waals surface area contributed by atoms with Crippen molar-refractivity contribution in [3.63, 3.8) is 0 Å². The predicted octanol–water partition coefficient (Wildman–Crippen LogP) is -2.41. The van der Waals surface area contributed by atoms with Crippen molar-refractivity contribution < 1.29 is 52.2 Å². The van der Waals surface area contributed by atoms with E-state index in [0.29, 0.717) is 12.6 Å². The standard InChI is InChI=1S/C10H12N2O6S.Na/c1-3-11(2)10(13)8-5-4-7(12(14)15)6-9(8)19(16,17)18;/h4-6H,3H2,1-2H3,(H,16,17,18);/q;+1/p-1. The summed E-state index contributed by atoms with van der Waals surface area (Å²) in [5.74, 6) is -0.688. The molecule has 0 heterocycles. The van der Waals surface area contributed by atoms with Crippen molar-refractivity contribution in [3.05, 3.63) is 33.9 Å². The number of amides is 1. The van der Waals surface area contributed by atoms with Crippen LogP contribution in [0.4, 0.5) is 5.69 Å². The molecule has 104 valence electrons. The number of nitro groups is 1. The third-order valence-electron chi connectivity index (χ3n) is 2.50. The van der Waals surface area contributed by atoms with E-state index in [4.69, 9.17) is 0 Å². The first kappa shape index (κ1) is 19.0. The molecule has 0 atom stereocenters. The second-order valence-electron chi connectivity index (χ2n) is 3.71. The van der Waals surface area contributed by atoms with Gasteiger partial charge in [0.05, 0.1) is 15.4 Å². The van der Waals surface area contributed by atoms with E-state index >= 15 is 0 Å². The molecule has 0 saturated carbocycles. The van der Waals surface area contributed by atoms with Gasteiger partial charge in [-0.3, -0.25) is 14.9 Å². The fourth-order valence-electron chi connectivity index (χ4n) is 1.36. The zero-order chi connectivity index (χ0) is 14.8. The first-order valence-electron chi connectivity index (χ1n) is 5.18. The van der Waals surface area contributed by atoms with Gasteiger partial charge in [-0.15, -0.1) is 0 Å². The number of hydrogen-bond donors (Lipinski definition) is 0. The number of rotatable bonds is 4. The summed E-state index contributed by atoms with van der Waals surface area (Å²) < 4.78 is 33.3. The molecule has 10 heteroatoms. The van der Waals surface area contributed by atoms with E-state index in [1.54, 1.807) is 6.92 Å². The molecular formula is C10H11N2NaO6S. The zero-order valence-electron chi connectivity index (χ0n) is 11.2. The van der Waals surface area contributed by atoms with Gasteiger partial charge >= 0.3 is 29.6 Å². The second-order valence-corrected chi connectivity index (χ2v) is 5.06. The van der Waals surface area contributed by atoms with Gasteiger partial charge in [-0.25, -0.2) is 8.42 Å². The molecule has 0 saturated heterocycles. The minimum atomic E-state index is -4.98. The zero-order valence-corrected chi connectivity index (χ0v) is 14.0. The number of carbonyl (C=O) groups excluding carboxylic acids is 1. The molecule has 1 rings (SSSR count). The van der Waals surface area contributed by atoms with Crippen LogP contribution in [0.1, 0.15) is 17.3 Å². The van der Waals surface area contributed by atoms with E-state index in [1.807, 2.05) is 0 Å². The monoisotopic (exact) mass is 310 g/mol. The third kappa shape index (κ3) is 4.25. The molecule has 1 aromatic carbocycles. The first-order chi connectivity index (χ1) is 8.68. The van der Waals surface area contributed by atoms with E-state index in [9.17, 15) is 27.9 Å².